The molecule has 7 nitrogen and oxygen atoms in total. The number of ether oxygens (including phenoxy) is 4. The molecule has 0 spiro atoms. The van der Waals surface area contributed by atoms with Crippen LogP contribution in [0.3, 0.4) is 0 Å². The summed E-state index contributed by atoms with van der Waals surface area (Å²) in [5.41, 5.74) is 0. The number of hydrogen-bond donors (Lipinski definition) is 0. The van der Waals surface area contributed by atoms with Crippen LogP contribution >= 0.6 is 0 Å². The lowest BCUT2D eigenvalue weighted by Crippen LogP contribution is -2.39. The van der Waals surface area contributed by atoms with Gasteiger partial charge in [-0.2, -0.15) is 26.3 Å². The fourth-order valence-corrected chi connectivity index (χ4v) is 2.92. The summed E-state index contributed by atoms with van der Waals surface area (Å²) in [6.45, 7) is 1.93. The molecule has 0 aliphatic heterocycles. The molecule has 0 aliphatic carbocycles. The average Bonchev–Trinajstić information content (AvgIpc) is 2.62. The molecule has 0 fully saturated rings. The van der Waals surface area contributed by atoms with Crippen molar-refractivity contribution in [1.82, 2.24) is 0 Å². The van der Waals surface area contributed by atoms with Crippen LogP contribution in [0.2, 0.25) is 0 Å². The highest BCUT2D eigenvalue weighted by Gasteiger charge is 2.37. The Balaban J connectivity index is 5.37. The van der Waals surface area contributed by atoms with Crippen LogP contribution in [0.4, 0.5) is 26.3 Å². The zero-order valence-electron chi connectivity index (χ0n) is 18.2. The van der Waals surface area contributed by atoms with Gasteiger partial charge in [0, 0.05) is 28.1 Å². The second kappa shape index (κ2) is 13.6. The van der Waals surface area contributed by atoms with Gasteiger partial charge in [0.15, 0.2) is 12.2 Å². The molecule has 0 radical (unpaired) electrons. The third kappa shape index (κ3) is 14.2. The summed E-state index contributed by atoms with van der Waals surface area (Å²) in [6.07, 6.45) is -18.8. The van der Waals surface area contributed by atoms with E-state index in [0.29, 0.717) is 0 Å². The quantitative estimate of drug-likeness (QED) is 0.274. The Morgan fingerprint density at radius 2 is 0.969 bits per heavy atom. The van der Waals surface area contributed by atoms with E-state index in [0.717, 1.165) is 28.1 Å². The summed E-state index contributed by atoms with van der Waals surface area (Å²) in [5, 5.41) is 0. The molecule has 0 N–H and O–H groups in total. The Morgan fingerprint density at radius 3 is 1.19 bits per heavy atom. The van der Waals surface area contributed by atoms with Crippen molar-refractivity contribution in [3.05, 3.63) is 0 Å². The van der Waals surface area contributed by atoms with Crippen molar-refractivity contribution in [3.63, 3.8) is 0 Å². The molecule has 0 rings (SSSR count). The van der Waals surface area contributed by atoms with E-state index in [-0.39, 0.29) is 25.7 Å². The predicted molar refractivity (Wildman–Crippen MR) is 97.5 cm³/mol. The van der Waals surface area contributed by atoms with Crippen molar-refractivity contribution in [2.45, 2.75) is 89.1 Å². The van der Waals surface area contributed by atoms with Gasteiger partial charge in [-0.25, -0.2) is 0 Å². The number of esters is 2. The highest BCUT2D eigenvalue weighted by atomic mass is 19.4. The summed E-state index contributed by atoms with van der Waals surface area (Å²) >= 11 is 0. The molecule has 0 heterocycles. The minimum absolute atomic E-state index is 0.318. The molecule has 0 aromatic rings. The maximum atomic E-state index is 12.8. The van der Waals surface area contributed by atoms with Crippen LogP contribution < -0.4 is 0 Å². The third-order valence-electron chi connectivity index (χ3n) is 4.34. The summed E-state index contributed by atoms with van der Waals surface area (Å²) < 4.78 is 94.9. The lowest BCUT2D eigenvalue weighted by atomic mass is 9.97. The Kier molecular flexibility index (Phi) is 12.8. The van der Waals surface area contributed by atoms with Crippen molar-refractivity contribution >= 4 is 17.7 Å². The minimum Gasteiger partial charge on any atom is -0.454 e. The van der Waals surface area contributed by atoms with E-state index in [1.807, 2.05) is 0 Å². The molecule has 0 aromatic carbocycles. The number of alkyl halides is 6. The fraction of sp³-hybridized carbons (Fsp3) is 0.842. The van der Waals surface area contributed by atoms with Gasteiger partial charge in [0.1, 0.15) is 0 Å². The molecule has 32 heavy (non-hydrogen) atoms. The number of rotatable bonds is 14. The van der Waals surface area contributed by atoms with Crippen molar-refractivity contribution in [2.75, 3.05) is 14.2 Å². The zero-order valence-corrected chi connectivity index (χ0v) is 18.2. The largest absolute Gasteiger partial charge is 0.454 e. The Labute approximate surface area is 181 Å². The molecule has 0 aliphatic rings. The third-order valence-corrected chi connectivity index (χ3v) is 4.34. The van der Waals surface area contributed by atoms with Crippen LogP contribution in [0.5, 0.6) is 0 Å². The molecule has 188 valence electrons. The van der Waals surface area contributed by atoms with Crippen molar-refractivity contribution in [2.24, 2.45) is 0 Å². The summed E-state index contributed by atoms with van der Waals surface area (Å²) in [5.74, 6) is -2.79. The van der Waals surface area contributed by atoms with E-state index in [4.69, 9.17) is 18.9 Å². The number of Topliss-reactive ketones (excluding diaryl/α,β-unsaturated/α-hetero) is 1. The van der Waals surface area contributed by atoms with Gasteiger partial charge in [-0.3, -0.25) is 14.4 Å². The van der Waals surface area contributed by atoms with Crippen molar-refractivity contribution in [1.29, 1.82) is 0 Å². The van der Waals surface area contributed by atoms with Crippen LogP contribution in [0, 0.1) is 0 Å². The van der Waals surface area contributed by atoms with Crippen LogP contribution in [0.25, 0.3) is 0 Å². The predicted octanol–water partition coefficient (Wildman–Crippen LogP) is 3.91. The molecule has 0 aromatic heterocycles. The zero-order chi connectivity index (χ0) is 25.1. The van der Waals surface area contributed by atoms with Gasteiger partial charge in [-0.1, -0.05) is 0 Å². The average molecular weight is 482 g/mol. The van der Waals surface area contributed by atoms with Crippen molar-refractivity contribution in [3.8, 4) is 0 Å². The molecular weight excluding hydrogens is 454 g/mol. The Bertz CT molecular complexity index is 556. The van der Waals surface area contributed by atoms with Crippen LogP contribution in [-0.4, -0.2) is 68.7 Å². The molecule has 0 saturated carbocycles. The van der Waals surface area contributed by atoms with Gasteiger partial charge in [-0.15, -0.1) is 0 Å². The van der Waals surface area contributed by atoms with E-state index in [1.165, 1.54) is 0 Å². The van der Waals surface area contributed by atoms with Gasteiger partial charge >= 0.3 is 24.3 Å². The van der Waals surface area contributed by atoms with E-state index in [9.17, 15) is 40.7 Å². The normalized spacial score (nSPS) is 16.1. The summed E-state index contributed by atoms with van der Waals surface area (Å²) in [6, 6.07) is 0. The maximum Gasteiger partial charge on any atom is 0.391 e. The highest BCUT2D eigenvalue weighted by molar-refractivity contribution is 5.90. The van der Waals surface area contributed by atoms with Gasteiger partial charge < -0.3 is 18.9 Å². The van der Waals surface area contributed by atoms with Crippen molar-refractivity contribution < 1.29 is 59.7 Å². The SMILES string of the molecule is COC(CC[C@H](OC(C)=O)C(=O)[C@H](CCC(CC(F)(F)F)OC)OC(C)=O)CC(F)(F)F. The van der Waals surface area contributed by atoms with Crippen LogP contribution in [0.15, 0.2) is 0 Å². The lowest BCUT2D eigenvalue weighted by molar-refractivity contribution is -0.168. The van der Waals surface area contributed by atoms with Gasteiger partial charge in [0.2, 0.25) is 5.78 Å². The first-order valence-corrected chi connectivity index (χ1v) is 9.65. The molecule has 0 bridgehead atoms. The van der Waals surface area contributed by atoms with Crippen LogP contribution in [-0.2, 0) is 33.3 Å². The fourth-order valence-electron chi connectivity index (χ4n) is 2.92. The van der Waals surface area contributed by atoms with E-state index in [1.54, 1.807) is 0 Å². The molecule has 2 unspecified atom stereocenters. The topological polar surface area (TPSA) is 88.1 Å². The minimum atomic E-state index is -4.53. The number of carbonyl (C=O) groups excluding carboxylic acids is 3. The standard InChI is InChI=1S/C19H28F6O7/c1-11(26)31-15(7-5-13(29-3)9-18(20,21)22)17(28)16(32-12(2)27)8-6-14(30-4)10-19(23,24)25/h13-16H,5-10H2,1-4H3/t13?,14?,15-,16-/m0/s1. The summed E-state index contributed by atoms with van der Waals surface area (Å²) in [7, 11) is 2.10. The lowest BCUT2D eigenvalue weighted by Gasteiger charge is -2.25. The van der Waals surface area contributed by atoms with Gasteiger partial charge in [0.25, 0.3) is 0 Å². The van der Waals surface area contributed by atoms with Gasteiger partial charge in [0.05, 0.1) is 25.0 Å². The Hall–Kier alpha value is -1.89. The summed E-state index contributed by atoms with van der Waals surface area (Å²) in [4.78, 5) is 35.6. The number of ketones is 1. The molecule has 4 atom stereocenters. The smallest absolute Gasteiger partial charge is 0.391 e. The number of hydrogen-bond acceptors (Lipinski definition) is 7. The number of halogens is 6. The molecule has 0 saturated heterocycles. The molecule has 13 heteroatoms. The van der Waals surface area contributed by atoms with E-state index < -0.39 is 67.3 Å². The molecule has 0 amide bonds. The monoisotopic (exact) mass is 482 g/mol. The second-order valence-corrected chi connectivity index (χ2v) is 7.11. The first kappa shape index (κ1) is 30.1. The van der Waals surface area contributed by atoms with E-state index >= 15 is 0 Å². The van der Waals surface area contributed by atoms with E-state index in [2.05, 4.69) is 0 Å². The van der Waals surface area contributed by atoms with Crippen LogP contribution in [0.1, 0.15) is 52.4 Å². The first-order chi connectivity index (χ1) is 14.6. The molecular formula is C19H28F6O7. The Morgan fingerprint density at radius 1 is 0.656 bits per heavy atom. The highest BCUT2D eigenvalue weighted by Crippen LogP contribution is 2.27. The van der Waals surface area contributed by atoms with Gasteiger partial charge in [-0.05, 0) is 25.7 Å². The maximum absolute atomic E-state index is 12.8. The number of carbonyl (C=O) groups is 3. The first-order valence-electron chi connectivity index (χ1n) is 9.65. The second-order valence-electron chi connectivity index (χ2n) is 7.11. The number of methoxy groups -OCH3 is 2.